The third-order valence-electron chi connectivity index (χ3n) is 0.616. The van der Waals surface area contributed by atoms with E-state index in [0.29, 0.717) is 0 Å². The average Bonchev–Trinajstić information content (AvgIpc) is 1.65. The fourth-order valence-electron chi connectivity index (χ4n) is 0.122. The van der Waals surface area contributed by atoms with E-state index in [1.165, 1.54) is 6.08 Å². The van der Waals surface area contributed by atoms with Gasteiger partial charge in [-0.25, -0.2) is 0 Å². The van der Waals surface area contributed by atoms with Gasteiger partial charge < -0.3 is 15.9 Å². The Morgan fingerprint density at radius 1 is 1.57 bits per heavy atom. The summed E-state index contributed by atoms with van der Waals surface area (Å²) in [4.78, 5) is 0. The zero-order valence-corrected chi connectivity index (χ0v) is 3.91. The van der Waals surface area contributed by atoms with Crippen LogP contribution in [0.1, 0.15) is 0 Å². The van der Waals surface area contributed by atoms with Crippen LogP contribution in [-0.4, -0.2) is 22.5 Å². The minimum Gasteiger partial charge on any atom is -0.367 e. The summed E-state index contributed by atoms with van der Waals surface area (Å²) in [5.74, 6) is 0. The van der Waals surface area contributed by atoms with E-state index in [2.05, 4.69) is 6.58 Å². The van der Waals surface area contributed by atoms with Crippen molar-refractivity contribution in [1.82, 2.24) is 0 Å². The normalized spacial score (nSPS) is 14.3. The largest absolute Gasteiger partial charge is 0.367 e. The number of aliphatic hydroxyl groups is 2. The zero-order valence-electron chi connectivity index (χ0n) is 3.91. The Balaban J connectivity index is 3.33. The maximum absolute atomic E-state index is 8.18. The van der Waals surface area contributed by atoms with Gasteiger partial charge >= 0.3 is 0 Å². The van der Waals surface area contributed by atoms with E-state index in [1.807, 2.05) is 0 Å². The van der Waals surface area contributed by atoms with Crippen molar-refractivity contribution >= 4 is 0 Å². The molecule has 0 aliphatic carbocycles. The summed E-state index contributed by atoms with van der Waals surface area (Å²) in [5.41, 5.74) is 5.00. The molecule has 0 spiro atoms. The fourth-order valence-corrected chi connectivity index (χ4v) is 0.122. The molecule has 0 rings (SSSR count). The van der Waals surface area contributed by atoms with Gasteiger partial charge in [-0.3, -0.25) is 0 Å². The summed E-state index contributed by atoms with van der Waals surface area (Å²) in [6.07, 6.45) is -0.206. The second kappa shape index (κ2) is 2.74. The van der Waals surface area contributed by atoms with E-state index in [9.17, 15) is 0 Å². The molecule has 42 valence electrons. The van der Waals surface area contributed by atoms with E-state index in [0.717, 1.165) is 0 Å². The van der Waals surface area contributed by atoms with Crippen molar-refractivity contribution in [3.8, 4) is 0 Å². The predicted molar refractivity (Wildman–Crippen MR) is 26.4 cm³/mol. The molecule has 0 aliphatic heterocycles. The summed E-state index contributed by atoms with van der Waals surface area (Å²) in [5, 5.41) is 16.4. The van der Waals surface area contributed by atoms with Gasteiger partial charge in [-0.2, -0.15) is 0 Å². The molecule has 0 saturated carbocycles. The summed E-state index contributed by atoms with van der Waals surface area (Å²) < 4.78 is 0. The molecule has 0 aromatic heterocycles. The quantitative estimate of drug-likeness (QED) is 0.304. The minimum atomic E-state index is -1.47. The highest BCUT2D eigenvalue weighted by Crippen LogP contribution is 1.82. The van der Waals surface area contributed by atoms with Gasteiger partial charge in [0.2, 0.25) is 0 Å². The van der Waals surface area contributed by atoms with Crippen LogP contribution in [0.25, 0.3) is 0 Å². The molecule has 1 atom stereocenters. The van der Waals surface area contributed by atoms with E-state index < -0.39 is 12.3 Å². The maximum atomic E-state index is 8.18. The lowest BCUT2D eigenvalue weighted by Gasteiger charge is -2.05. The van der Waals surface area contributed by atoms with Crippen molar-refractivity contribution in [3.05, 3.63) is 12.7 Å². The summed E-state index contributed by atoms with van der Waals surface area (Å²) in [7, 11) is 0. The number of nitrogens with two attached hydrogens (primary N) is 1. The lowest BCUT2D eigenvalue weighted by Crippen LogP contribution is -2.31. The number of rotatable bonds is 2. The van der Waals surface area contributed by atoms with Crippen LogP contribution in [0, 0.1) is 0 Å². The fraction of sp³-hybridized carbons (Fsp3) is 0.500. The Labute approximate surface area is 42.1 Å². The van der Waals surface area contributed by atoms with Gasteiger partial charge in [0.15, 0.2) is 6.29 Å². The zero-order chi connectivity index (χ0) is 5.86. The summed E-state index contributed by atoms with van der Waals surface area (Å²) >= 11 is 0. The highest BCUT2D eigenvalue weighted by Gasteiger charge is 2.03. The van der Waals surface area contributed by atoms with Crippen LogP contribution in [0.2, 0.25) is 0 Å². The molecule has 0 heterocycles. The van der Waals surface area contributed by atoms with Crippen molar-refractivity contribution in [2.24, 2.45) is 5.73 Å². The highest BCUT2D eigenvalue weighted by molar-refractivity contribution is 4.83. The number of hydrogen-bond acceptors (Lipinski definition) is 3. The Kier molecular flexibility index (Phi) is 2.59. The van der Waals surface area contributed by atoms with Crippen LogP contribution in [0.5, 0.6) is 0 Å². The highest BCUT2D eigenvalue weighted by atomic mass is 16.5. The minimum absolute atomic E-state index is 0.722. The van der Waals surface area contributed by atoms with Crippen molar-refractivity contribution in [1.29, 1.82) is 0 Å². The monoisotopic (exact) mass is 103 g/mol. The lowest BCUT2D eigenvalue weighted by atomic mass is 10.3. The van der Waals surface area contributed by atoms with Gasteiger partial charge in [0.1, 0.15) is 0 Å². The van der Waals surface area contributed by atoms with Crippen molar-refractivity contribution < 1.29 is 10.2 Å². The summed E-state index contributed by atoms with van der Waals surface area (Å²) in [6.45, 7) is 3.24. The van der Waals surface area contributed by atoms with Gasteiger partial charge in [0.25, 0.3) is 0 Å². The topological polar surface area (TPSA) is 66.5 Å². The first-order valence-corrected chi connectivity index (χ1v) is 1.92. The number of aliphatic hydroxyl groups excluding tert-OH is 1. The van der Waals surface area contributed by atoms with Gasteiger partial charge in [0.05, 0.1) is 6.04 Å². The predicted octanol–water partition coefficient (Wildman–Crippen LogP) is -1.19. The lowest BCUT2D eigenvalue weighted by molar-refractivity contribution is -0.0475. The van der Waals surface area contributed by atoms with E-state index in [1.54, 1.807) is 0 Å². The second-order valence-corrected chi connectivity index (χ2v) is 1.23. The van der Waals surface area contributed by atoms with E-state index in [-0.39, 0.29) is 0 Å². The van der Waals surface area contributed by atoms with Crippen LogP contribution in [-0.2, 0) is 0 Å². The Morgan fingerprint density at radius 2 is 2.00 bits per heavy atom. The Morgan fingerprint density at radius 3 is 2.00 bits per heavy atom. The van der Waals surface area contributed by atoms with Crippen LogP contribution in [0.3, 0.4) is 0 Å². The first kappa shape index (κ1) is 6.62. The van der Waals surface area contributed by atoms with Gasteiger partial charge in [0, 0.05) is 0 Å². The molecule has 0 saturated heterocycles. The smallest absolute Gasteiger partial charge is 0.170 e. The van der Waals surface area contributed by atoms with Crippen LogP contribution < -0.4 is 5.73 Å². The molecule has 0 aliphatic rings. The van der Waals surface area contributed by atoms with Gasteiger partial charge in [-0.05, 0) is 0 Å². The first-order chi connectivity index (χ1) is 3.18. The van der Waals surface area contributed by atoms with Gasteiger partial charge in [-0.15, -0.1) is 6.58 Å². The van der Waals surface area contributed by atoms with Crippen molar-refractivity contribution in [2.75, 3.05) is 0 Å². The first-order valence-electron chi connectivity index (χ1n) is 1.92. The average molecular weight is 103 g/mol. The molecule has 0 fully saturated rings. The van der Waals surface area contributed by atoms with Crippen LogP contribution in [0.4, 0.5) is 0 Å². The van der Waals surface area contributed by atoms with Gasteiger partial charge in [-0.1, -0.05) is 6.08 Å². The molecule has 4 N–H and O–H groups in total. The molecule has 0 aromatic rings. The van der Waals surface area contributed by atoms with Crippen molar-refractivity contribution in [3.63, 3.8) is 0 Å². The SMILES string of the molecule is C=CC(N)C(O)O. The molecule has 7 heavy (non-hydrogen) atoms. The molecule has 0 radical (unpaired) electrons. The molecule has 0 bridgehead atoms. The van der Waals surface area contributed by atoms with E-state index in [4.69, 9.17) is 15.9 Å². The molecule has 0 amide bonds. The van der Waals surface area contributed by atoms with Crippen molar-refractivity contribution in [2.45, 2.75) is 12.3 Å². The molecule has 1 unspecified atom stereocenters. The maximum Gasteiger partial charge on any atom is 0.170 e. The Bertz CT molecular complexity index is 62.7. The van der Waals surface area contributed by atoms with Crippen LogP contribution >= 0.6 is 0 Å². The molecule has 3 heteroatoms. The third-order valence-corrected chi connectivity index (χ3v) is 0.616. The Hall–Kier alpha value is -0.380. The number of hydrogen-bond donors (Lipinski definition) is 3. The summed E-state index contributed by atoms with van der Waals surface area (Å²) in [6, 6.07) is -0.722. The third kappa shape index (κ3) is 2.33. The molecule has 0 aromatic carbocycles. The van der Waals surface area contributed by atoms with E-state index >= 15 is 0 Å². The molecular formula is C4H9NO2. The standard InChI is InChI=1S/C4H9NO2/c1-2-3(5)4(6)7/h2-4,6-7H,1,5H2. The second-order valence-electron chi connectivity index (χ2n) is 1.23. The van der Waals surface area contributed by atoms with Crippen LogP contribution in [0.15, 0.2) is 12.7 Å². The molecule has 3 nitrogen and oxygen atoms in total. The molecular weight excluding hydrogens is 94.0 g/mol.